The summed E-state index contributed by atoms with van der Waals surface area (Å²) in [5, 5.41) is 4.54. The van der Waals surface area contributed by atoms with E-state index in [1.54, 1.807) is 11.6 Å². The van der Waals surface area contributed by atoms with Crippen LogP contribution in [-0.2, 0) is 14.3 Å². The van der Waals surface area contributed by atoms with Crippen LogP contribution in [0, 0.1) is 5.41 Å². The van der Waals surface area contributed by atoms with Crippen molar-refractivity contribution in [2.45, 2.75) is 52.5 Å². The molecule has 1 saturated carbocycles. The van der Waals surface area contributed by atoms with Crippen LogP contribution >= 0.6 is 11.6 Å². The van der Waals surface area contributed by atoms with E-state index in [1.807, 2.05) is 13.8 Å². The van der Waals surface area contributed by atoms with Crippen molar-refractivity contribution in [3.63, 3.8) is 0 Å². The van der Waals surface area contributed by atoms with E-state index >= 15 is 0 Å². The smallest absolute Gasteiger partial charge is 0.342 e. The molecule has 0 spiro atoms. The number of hydrogen-bond acceptors (Lipinski definition) is 5. The van der Waals surface area contributed by atoms with Crippen molar-refractivity contribution in [1.29, 1.82) is 0 Å². The fourth-order valence-electron chi connectivity index (χ4n) is 2.94. The maximum Gasteiger partial charge on any atom is 0.342 e. The molecule has 0 unspecified atom stereocenters. The van der Waals surface area contributed by atoms with Crippen LogP contribution in [0.25, 0.3) is 0 Å². The van der Waals surface area contributed by atoms with Gasteiger partial charge in [0.25, 0.3) is 0 Å². The van der Waals surface area contributed by atoms with Crippen molar-refractivity contribution < 1.29 is 19.1 Å². The number of halogens is 1. The summed E-state index contributed by atoms with van der Waals surface area (Å²) in [6.07, 6.45) is 4.39. The third kappa shape index (κ3) is 3.68. The molecule has 1 aliphatic rings. The van der Waals surface area contributed by atoms with Crippen LogP contribution in [0.4, 0.5) is 0 Å². The Morgan fingerprint density at radius 3 is 2.48 bits per heavy atom. The lowest BCUT2D eigenvalue weighted by Gasteiger charge is -2.35. The third-order valence-corrected chi connectivity index (χ3v) is 4.78. The molecule has 0 radical (unpaired) electrons. The summed E-state index contributed by atoms with van der Waals surface area (Å²) in [5.74, 6) is -0.604. The maximum absolute atomic E-state index is 12.1. The van der Waals surface area contributed by atoms with Gasteiger partial charge >= 0.3 is 11.9 Å². The second-order valence-corrected chi connectivity index (χ2v) is 6.38. The number of nitrogens with zero attached hydrogens (tertiary/aromatic N) is 2. The summed E-state index contributed by atoms with van der Waals surface area (Å²) in [6.45, 7) is 6.18. The van der Waals surface area contributed by atoms with Crippen LogP contribution in [0.1, 0.15) is 62.9 Å². The topological polar surface area (TPSA) is 70.4 Å². The second kappa shape index (κ2) is 7.34. The van der Waals surface area contributed by atoms with Crippen LogP contribution in [0.2, 0.25) is 5.15 Å². The highest BCUT2D eigenvalue weighted by atomic mass is 35.5. The van der Waals surface area contributed by atoms with Gasteiger partial charge in [-0.1, -0.05) is 11.6 Å². The summed E-state index contributed by atoms with van der Waals surface area (Å²) in [5.41, 5.74) is -0.164. The van der Waals surface area contributed by atoms with E-state index in [2.05, 4.69) is 5.10 Å². The molecule has 1 heterocycles. The summed E-state index contributed by atoms with van der Waals surface area (Å²) in [6, 6.07) is 0.0770. The van der Waals surface area contributed by atoms with Gasteiger partial charge in [0.1, 0.15) is 10.7 Å². The van der Waals surface area contributed by atoms with Gasteiger partial charge in [0.15, 0.2) is 0 Å². The molecule has 0 saturated heterocycles. The first-order valence-electron chi connectivity index (χ1n) is 8.00. The normalized spacial score (nSPS) is 24.3. The predicted molar refractivity (Wildman–Crippen MR) is 85.4 cm³/mol. The van der Waals surface area contributed by atoms with Crippen molar-refractivity contribution in [2.75, 3.05) is 13.2 Å². The fraction of sp³-hybridized carbons (Fsp3) is 0.688. The second-order valence-electron chi connectivity index (χ2n) is 6.03. The van der Waals surface area contributed by atoms with Gasteiger partial charge in [-0.3, -0.25) is 9.48 Å². The van der Waals surface area contributed by atoms with Crippen molar-refractivity contribution in [3.05, 3.63) is 16.9 Å². The Morgan fingerprint density at radius 2 is 1.91 bits per heavy atom. The van der Waals surface area contributed by atoms with Crippen molar-refractivity contribution in [3.8, 4) is 0 Å². The molecule has 0 aliphatic heterocycles. The molecular weight excluding hydrogens is 320 g/mol. The monoisotopic (exact) mass is 342 g/mol. The molecule has 0 amide bonds. The highest BCUT2D eigenvalue weighted by molar-refractivity contribution is 6.32. The molecule has 1 aromatic heterocycles. The first-order valence-corrected chi connectivity index (χ1v) is 8.38. The number of carbonyl (C=O) groups is 2. The maximum atomic E-state index is 12.1. The van der Waals surface area contributed by atoms with E-state index in [0.717, 1.165) is 12.8 Å². The number of hydrogen-bond donors (Lipinski definition) is 0. The summed E-state index contributed by atoms with van der Waals surface area (Å²) < 4.78 is 11.8. The van der Waals surface area contributed by atoms with E-state index < -0.39 is 11.4 Å². The first kappa shape index (κ1) is 17.8. The molecule has 2 rings (SSSR count). The molecule has 23 heavy (non-hydrogen) atoms. The number of esters is 2. The van der Waals surface area contributed by atoms with Crippen LogP contribution in [-0.4, -0.2) is 34.9 Å². The Hall–Kier alpha value is -1.56. The average molecular weight is 343 g/mol. The molecule has 1 aliphatic carbocycles. The van der Waals surface area contributed by atoms with Crippen molar-refractivity contribution in [1.82, 2.24) is 9.78 Å². The lowest BCUT2D eigenvalue weighted by atomic mass is 9.74. The zero-order chi connectivity index (χ0) is 17.0. The Bertz CT molecular complexity index is 577. The third-order valence-electron chi connectivity index (χ3n) is 4.40. The standard InChI is InChI=1S/C16H23ClN2O4/c1-4-22-14(20)12-10-18-19(13(12)17)11-6-8-16(3,9-7-11)15(21)23-5-2/h10-11H,4-9H2,1-3H3. The molecular formula is C16H23ClN2O4. The predicted octanol–water partition coefficient (Wildman–Crippen LogP) is 3.40. The van der Waals surface area contributed by atoms with Crippen LogP contribution in [0.3, 0.4) is 0 Å². The zero-order valence-corrected chi connectivity index (χ0v) is 14.6. The van der Waals surface area contributed by atoms with Crippen LogP contribution in [0.5, 0.6) is 0 Å². The van der Waals surface area contributed by atoms with Gasteiger partial charge in [0.2, 0.25) is 0 Å². The van der Waals surface area contributed by atoms with Crippen molar-refractivity contribution >= 4 is 23.5 Å². The minimum atomic E-state index is -0.462. The van der Waals surface area contributed by atoms with Gasteiger partial charge in [-0.2, -0.15) is 5.10 Å². The van der Waals surface area contributed by atoms with E-state index in [9.17, 15) is 9.59 Å². The van der Waals surface area contributed by atoms with E-state index in [1.165, 1.54) is 6.20 Å². The highest BCUT2D eigenvalue weighted by Gasteiger charge is 2.40. The van der Waals surface area contributed by atoms with Gasteiger partial charge in [-0.25, -0.2) is 4.79 Å². The Balaban J connectivity index is 2.06. The molecule has 6 nitrogen and oxygen atoms in total. The van der Waals surface area contributed by atoms with Gasteiger partial charge in [0.05, 0.1) is 30.9 Å². The van der Waals surface area contributed by atoms with E-state index in [0.29, 0.717) is 31.2 Å². The highest BCUT2D eigenvalue weighted by Crippen LogP contribution is 2.42. The molecule has 0 aromatic carbocycles. The molecule has 0 bridgehead atoms. The fourth-order valence-corrected chi connectivity index (χ4v) is 3.25. The summed E-state index contributed by atoms with van der Waals surface area (Å²) in [4.78, 5) is 23.9. The summed E-state index contributed by atoms with van der Waals surface area (Å²) in [7, 11) is 0. The number of ether oxygens (including phenoxy) is 2. The lowest BCUT2D eigenvalue weighted by Crippen LogP contribution is -2.35. The minimum Gasteiger partial charge on any atom is -0.466 e. The van der Waals surface area contributed by atoms with Gasteiger partial charge < -0.3 is 9.47 Å². The Labute approximate surface area is 141 Å². The molecule has 128 valence electrons. The number of aromatic nitrogens is 2. The summed E-state index contributed by atoms with van der Waals surface area (Å²) >= 11 is 6.28. The van der Waals surface area contributed by atoms with E-state index in [-0.39, 0.29) is 17.6 Å². The first-order chi connectivity index (χ1) is 10.9. The largest absolute Gasteiger partial charge is 0.466 e. The lowest BCUT2D eigenvalue weighted by molar-refractivity contribution is -0.156. The molecule has 1 fully saturated rings. The molecule has 0 N–H and O–H groups in total. The molecule has 1 aromatic rings. The molecule has 0 atom stereocenters. The Kier molecular flexibility index (Phi) is 5.68. The SMILES string of the molecule is CCOC(=O)c1cnn(C2CCC(C)(C(=O)OCC)CC2)c1Cl. The minimum absolute atomic E-state index is 0.0770. The van der Waals surface area contributed by atoms with Crippen LogP contribution in [0.15, 0.2) is 6.20 Å². The average Bonchev–Trinajstić information content (AvgIpc) is 2.90. The van der Waals surface area contributed by atoms with Crippen molar-refractivity contribution in [2.24, 2.45) is 5.41 Å². The zero-order valence-electron chi connectivity index (χ0n) is 13.8. The van der Waals surface area contributed by atoms with Gasteiger partial charge in [-0.05, 0) is 46.5 Å². The number of rotatable bonds is 5. The van der Waals surface area contributed by atoms with Gasteiger partial charge in [-0.15, -0.1) is 0 Å². The quantitative estimate of drug-likeness (QED) is 0.767. The number of carbonyl (C=O) groups excluding carboxylic acids is 2. The van der Waals surface area contributed by atoms with Gasteiger partial charge in [0, 0.05) is 0 Å². The molecule has 7 heteroatoms. The van der Waals surface area contributed by atoms with Crippen LogP contribution < -0.4 is 0 Å². The Morgan fingerprint density at radius 1 is 1.30 bits per heavy atom. The van der Waals surface area contributed by atoms with E-state index in [4.69, 9.17) is 21.1 Å².